The minimum atomic E-state index is -0.408. The van der Waals surface area contributed by atoms with Crippen molar-refractivity contribution in [1.82, 2.24) is 5.32 Å². The number of nitrogens with one attached hydrogen (secondary N) is 1. The van der Waals surface area contributed by atoms with Gasteiger partial charge in [-0.15, -0.1) is 0 Å². The predicted octanol–water partition coefficient (Wildman–Crippen LogP) is 5.30. The van der Waals surface area contributed by atoms with Crippen molar-refractivity contribution >= 4 is 23.2 Å². The average molecular weight is 312 g/mol. The molecule has 0 aromatic heterocycles. The summed E-state index contributed by atoms with van der Waals surface area (Å²) in [6.45, 7) is 3.78. The first kappa shape index (κ1) is 15.3. The number of hydrogen-bond donors (Lipinski definition) is 1. The molecule has 0 spiro atoms. The molecule has 1 nitrogen and oxygen atoms in total. The quantitative estimate of drug-likeness (QED) is 0.739. The molecule has 0 aliphatic carbocycles. The van der Waals surface area contributed by atoms with Crippen LogP contribution in [0.5, 0.6) is 0 Å². The van der Waals surface area contributed by atoms with Gasteiger partial charge in [-0.25, -0.2) is 4.39 Å². The Morgan fingerprint density at radius 3 is 2.40 bits per heavy atom. The van der Waals surface area contributed by atoms with Crippen molar-refractivity contribution in [3.05, 3.63) is 57.8 Å². The molecule has 2 aromatic carbocycles. The summed E-state index contributed by atoms with van der Waals surface area (Å²) in [5.41, 5.74) is 2.88. The normalized spacial score (nSPS) is 10.8. The molecule has 1 N–H and O–H groups in total. The zero-order chi connectivity index (χ0) is 14.5. The van der Waals surface area contributed by atoms with E-state index in [1.807, 2.05) is 18.2 Å². The van der Waals surface area contributed by atoms with Crippen LogP contribution in [0, 0.1) is 5.82 Å². The minimum Gasteiger partial charge on any atom is -0.313 e. The molecule has 0 heterocycles. The van der Waals surface area contributed by atoms with E-state index in [-0.39, 0.29) is 5.02 Å². The van der Waals surface area contributed by atoms with E-state index in [0.717, 1.165) is 41.2 Å². The van der Waals surface area contributed by atoms with Crippen LogP contribution in [-0.4, -0.2) is 6.54 Å². The SMILES string of the molecule is CCCNCc1cc(-c2ccc(F)c(Cl)c2)ccc1Cl. The maximum absolute atomic E-state index is 13.2. The van der Waals surface area contributed by atoms with E-state index in [1.165, 1.54) is 6.07 Å². The van der Waals surface area contributed by atoms with E-state index >= 15 is 0 Å². The smallest absolute Gasteiger partial charge is 0.141 e. The van der Waals surface area contributed by atoms with Crippen molar-refractivity contribution < 1.29 is 4.39 Å². The molecule has 0 fully saturated rings. The average Bonchev–Trinajstić information content (AvgIpc) is 2.44. The predicted molar refractivity (Wildman–Crippen MR) is 83.9 cm³/mol. The van der Waals surface area contributed by atoms with Crippen molar-refractivity contribution in [1.29, 1.82) is 0 Å². The Morgan fingerprint density at radius 2 is 1.70 bits per heavy atom. The molecule has 0 amide bonds. The second-order valence-electron chi connectivity index (χ2n) is 4.61. The largest absolute Gasteiger partial charge is 0.313 e. The van der Waals surface area contributed by atoms with Gasteiger partial charge in [-0.1, -0.05) is 42.3 Å². The van der Waals surface area contributed by atoms with Crippen molar-refractivity contribution in [3.63, 3.8) is 0 Å². The molecule has 0 aliphatic heterocycles. The first-order valence-corrected chi connectivity index (χ1v) is 7.32. The van der Waals surface area contributed by atoms with Crippen LogP contribution in [-0.2, 0) is 6.54 Å². The van der Waals surface area contributed by atoms with Gasteiger partial charge in [0.25, 0.3) is 0 Å². The fraction of sp³-hybridized carbons (Fsp3) is 0.250. The highest BCUT2D eigenvalue weighted by Crippen LogP contribution is 2.28. The molecule has 0 bridgehead atoms. The fourth-order valence-electron chi connectivity index (χ4n) is 1.97. The monoisotopic (exact) mass is 311 g/mol. The van der Waals surface area contributed by atoms with Gasteiger partial charge < -0.3 is 5.32 Å². The van der Waals surface area contributed by atoms with Crippen molar-refractivity contribution in [2.75, 3.05) is 6.54 Å². The summed E-state index contributed by atoms with van der Waals surface area (Å²) in [6, 6.07) is 10.5. The molecule has 20 heavy (non-hydrogen) atoms. The summed E-state index contributed by atoms with van der Waals surface area (Å²) in [5, 5.41) is 4.18. The summed E-state index contributed by atoms with van der Waals surface area (Å²) < 4.78 is 13.2. The molecule has 0 unspecified atom stereocenters. The molecule has 2 aromatic rings. The van der Waals surface area contributed by atoms with Crippen LogP contribution in [0.4, 0.5) is 4.39 Å². The summed E-state index contributed by atoms with van der Waals surface area (Å²) in [7, 11) is 0. The Hall–Kier alpha value is -1.09. The molecule has 4 heteroatoms. The van der Waals surface area contributed by atoms with E-state index in [0.29, 0.717) is 0 Å². The molecule has 2 rings (SSSR count). The van der Waals surface area contributed by atoms with Crippen LogP contribution in [0.1, 0.15) is 18.9 Å². The fourth-order valence-corrected chi connectivity index (χ4v) is 2.33. The lowest BCUT2D eigenvalue weighted by atomic mass is 10.0. The Labute approximate surface area is 128 Å². The summed E-state index contributed by atoms with van der Waals surface area (Å²) >= 11 is 12.0. The number of hydrogen-bond acceptors (Lipinski definition) is 1. The highest BCUT2D eigenvalue weighted by atomic mass is 35.5. The topological polar surface area (TPSA) is 12.0 Å². The maximum atomic E-state index is 13.2. The van der Waals surface area contributed by atoms with E-state index in [9.17, 15) is 4.39 Å². The van der Waals surface area contributed by atoms with Crippen LogP contribution in [0.2, 0.25) is 10.0 Å². The number of rotatable bonds is 5. The van der Waals surface area contributed by atoms with Crippen LogP contribution in [0.25, 0.3) is 11.1 Å². The second kappa shape index (κ2) is 7.07. The Morgan fingerprint density at radius 1 is 1.00 bits per heavy atom. The summed E-state index contributed by atoms with van der Waals surface area (Å²) in [6.07, 6.45) is 1.07. The molecule has 0 saturated carbocycles. The third-order valence-electron chi connectivity index (χ3n) is 3.04. The van der Waals surface area contributed by atoms with Gasteiger partial charge in [0.15, 0.2) is 0 Å². The summed E-state index contributed by atoms with van der Waals surface area (Å²) in [4.78, 5) is 0. The molecule has 0 saturated heterocycles. The van der Waals surface area contributed by atoms with Crippen LogP contribution in [0.3, 0.4) is 0 Å². The second-order valence-corrected chi connectivity index (χ2v) is 5.43. The van der Waals surface area contributed by atoms with Gasteiger partial charge in [-0.05, 0) is 53.9 Å². The van der Waals surface area contributed by atoms with Crippen LogP contribution >= 0.6 is 23.2 Å². The van der Waals surface area contributed by atoms with E-state index in [1.54, 1.807) is 12.1 Å². The highest BCUT2D eigenvalue weighted by molar-refractivity contribution is 6.31. The molecule has 0 atom stereocenters. The van der Waals surface area contributed by atoms with Crippen LogP contribution < -0.4 is 5.32 Å². The van der Waals surface area contributed by atoms with E-state index < -0.39 is 5.82 Å². The first-order valence-electron chi connectivity index (χ1n) is 6.56. The van der Waals surface area contributed by atoms with E-state index in [2.05, 4.69) is 12.2 Å². The van der Waals surface area contributed by atoms with Gasteiger partial charge in [-0.3, -0.25) is 0 Å². The van der Waals surface area contributed by atoms with Gasteiger partial charge in [0.1, 0.15) is 5.82 Å². The van der Waals surface area contributed by atoms with E-state index in [4.69, 9.17) is 23.2 Å². The highest BCUT2D eigenvalue weighted by Gasteiger charge is 2.06. The third-order valence-corrected chi connectivity index (χ3v) is 3.70. The third kappa shape index (κ3) is 3.72. The first-order chi connectivity index (χ1) is 9.61. The lowest BCUT2D eigenvalue weighted by Gasteiger charge is -2.09. The van der Waals surface area contributed by atoms with Crippen molar-refractivity contribution in [2.45, 2.75) is 19.9 Å². The lowest BCUT2D eigenvalue weighted by Crippen LogP contribution is -2.14. The zero-order valence-electron chi connectivity index (χ0n) is 11.2. The molecule has 0 radical (unpaired) electrons. The van der Waals surface area contributed by atoms with Gasteiger partial charge in [-0.2, -0.15) is 0 Å². The van der Waals surface area contributed by atoms with Crippen molar-refractivity contribution in [3.8, 4) is 11.1 Å². The Kier molecular flexibility index (Phi) is 5.41. The zero-order valence-corrected chi connectivity index (χ0v) is 12.7. The lowest BCUT2D eigenvalue weighted by molar-refractivity contribution is 0.628. The van der Waals surface area contributed by atoms with Gasteiger partial charge in [0.2, 0.25) is 0 Å². The summed E-state index contributed by atoms with van der Waals surface area (Å²) in [5.74, 6) is -0.408. The molecule has 106 valence electrons. The van der Waals surface area contributed by atoms with Crippen LogP contribution in [0.15, 0.2) is 36.4 Å². The maximum Gasteiger partial charge on any atom is 0.141 e. The van der Waals surface area contributed by atoms with Gasteiger partial charge in [0.05, 0.1) is 5.02 Å². The van der Waals surface area contributed by atoms with Crippen molar-refractivity contribution in [2.24, 2.45) is 0 Å². The van der Waals surface area contributed by atoms with Gasteiger partial charge >= 0.3 is 0 Å². The Balaban J connectivity index is 2.27. The Bertz CT molecular complexity index is 599. The number of halogens is 3. The van der Waals surface area contributed by atoms with Gasteiger partial charge in [0, 0.05) is 11.6 Å². The minimum absolute atomic E-state index is 0.128. The molecular formula is C16H16Cl2FN. The molecule has 0 aliphatic rings. The molecular weight excluding hydrogens is 296 g/mol. The standard InChI is InChI=1S/C16H16Cl2FN/c1-2-7-20-10-13-8-11(3-5-14(13)17)12-4-6-16(19)15(18)9-12/h3-6,8-9,20H,2,7,10H2,1H3. The number of benzene rings is 2.